The SMILES string of the molecule is COc1cc(C(=O)N2CC(OC)C[C@H]2Cc2cccc(C(=O)NCC3CC3)c2)ccc1-c1cn[nH]c1. The minimum atomic E-state index is -0.0603. The zero-order chi connectivity index (χ0) is 25.1. The number of aromatic amines is 1. The van der Waals surface area contributed by atoms with Gasteiger partial charge in [-0.2, -0.15) is 5.10 Å². The van der Waals surface area contributed by atoms with E-state index in [0.717, 1.165) is 29.7 Å². The first-order chi connectivity index (χ1) is 17.6. The number of carbonyl (C=O) groups is 2. The average Bonchev–Trinajstić information content (AvgIpc) is 3.40. The van der Waals surface area contributed by atoms with Crippen LogP contribution in [0.4, 0.5) is 0 Å². The Morgan fingerprint density at radius 1 is 1.14 bits per heavy atom. The van der Waals surface area contributed by atoms with Crippen LogP contribution in [0.3, 0.4) is 0 Å². The normalized spacial score (nSPS) is 19.3. The molecule has 36 heavy (non-hydrogen) atoms. The summed E-state index contributed by atoms with van der Waals surface area (Å²) in [6.07, 6.45) is 7.27. The first kappa shape index (κ1) is 24.1. The van der Waals surface area contributed by atoms with Crippen LogP contribution in [0.15, 0.2) is 54.9 Å². The molecule has 8 heteroatoms. The Hall–Kier alpha value is -3.65. The Kier molecular flexibility index (Phi) is 7.04. The molecule has 2 fully saturated rings. The minimum Gasteiger partial charge on any atom is -0.496 e. The monoisotopic (exact) mass is 488 g/mol. The molecular weight excluding hydrogens is 456 g/mol. The van der Waals surface area contributed by atoms with Crippen LogP contribution in [0.2, 0.25) is 0 Å². The molecule has 2 N–H and O–H groups in total. The highest BCUT2D eigenvalue weighted by Crippen LogP contribution is 2.32. The van der Waals surface area contributed by atoms with Crippen LogP contribution < -0.4 is 10.1 Å². The number of carbonyl (C=O) groups excluding carboxylic acids is 2. The first-order valence-corrected chi connectivity index (χ1v) is 12.4. The van der Waals surface area contributed by atoms with Crippen molar-refractivity contribution < 1.29 is 19.1 Å². The summed E-state index contributed by atoms with van der Waals surface area (Å²) in [6.45, 7) is 1.26. The van der Waals surface area contributed by atoms with Gasteiger partial charge in [0, 0.05) is 54.7 Å². The molecule has 2 aromatic carbocycles. The molecular formula is C28H32N4O4. The maximum atomic E-state index is 13.6. The lowest BCUT2D eigenvalue weighted by Gasteiger charge is -2.25. The predicted molar refractivity (Wildman–Crippen MR) is 136 cm³/mol. The van der Waals surface area contributed by atoms with Crippen molar-refractivity contribution in [3.8, 4) is 16.9 Å². The van der Waals surface area contributed by atoms with E-state index in [2.05, 4.69) is 15.5 Å². The molecule has 1 aliphatic carbocycles. The maximum absolute atomic E-state index is 13.6. The van der Waals surface area contributed by atoms with Crippen molar-refractivity contribution in [2.75, 3.05) is 27.3 Å². The molecule has 188 valence electrons. The molecule has 8 nitrogen and oxygen atoms in total. The van der Waals surface area contributed by atoms with Gasteiger partial charge in [0.1, 0.15) is 5.75 Å². The van der Waals surface area contributed by atoms with Crippen LogP contribution in [0, 0.1) is 5.92 Å². The molecule has 2 atom stereocenters. The van der Waals surface area contributed by atoms with Crippen molar-refractivity contribution in [3.05, 3.63) is 71.5 Å². The van der Waals surface area contributed by atoms with E-state index in [1.165, 1.54) is 12.8 Å². The minimum absolute atomic E-state index is 0.0314. The van der Waals surface area contributed by atoms with Crippen molar-refractivity contribution >= 4 is 11.8 Å². The van der Waals surface area contributed by atoms with Gasteiger partial charge in [-0.05, 0) is 67.5 Å². The van der Waals surface area contributed by atoms with E-state index in [-0.39, 0.29) is 24.0 Å². The van der Waals surface area contributed by atoms with Gasteiger partial charge in [-0.15, -0.1) is 0 Å². The summed E-state index contributed by atoms with van der Waals surface area (Å²) in [4.78, 5) is 28.1. The molecule has 2 aliphatic rings. The highest BCUT2D eigenvalue weighted by Gasteiger charge is 2.36. The van der Waals surface area contributed by atoms with Gasteiger partial charge in [0.15, 0.2) is 0 Å². The van der Waals surface area contributed by atoms with Gasteiger partial charge in [-0.3, -0.25) is 14.7 Å². The van der Waals surface area contributed by atoms with Gasteiger partial charge in [0.25, 0.3) is 11.8 Å². The third kappa shape index (κ3) is 5.28. The van der Waals surface area contributed by atoms with Crippen molar-refractivity contribution in [2.45, 2.75) is 37.8 Å². The van der Waals surface area contributed by atoms with Gasteiger partial charge in [-0.25, -0.2) is 0 Å². The molecule has 0 radical (unpaired) electrons. The van der Waals surface area contributed by atoms with Crippen LogP contribution >= 0.6 is 0 Å². The second-order valence-corrected chi connectivity index (χ2v) is 9.66. The van der Waals surface area contributed by atoms with Crippen LogP contribution in [-0.2, 0) is 11.2 Å². The first-order valence-electron chi connectivity index (χ1n) is 12.4. The standard InChI is InChI=1S/C28H32N4O4/c1-35-24-13-23(11-19-4-3-5-20(10-19)27(33)29-14-18-6-7-18)32(17-24)28(34)21-8-9-25(26(12-21)36-2)22-15-30-31-16-22/h3-5,8-10,12,15-16,18,23-24H,6-7,11,13-14,17H2,1-2H3,(H,29,33)(H,30,31)/t23-,24?/m1/s1. The number of aromatic nitrogens is 2. The topological polar surface area (TPSA) is 96.5 Å². The third-order valence-electron chi connectivity index (χ3n) is 7.14. The van der Waals surface area contributed by atoms with Crippen LogP contribution in [0.1, 0.15) is 45.5 Å². The quantitative estimate of drug-likeness (QED) is 0.479. The van der Waals surface area contributed by atoms with Crippen LogP contribution in [-0.4, -0.2) is 66.4 Å². The van der Waals surface area contributed by atoms with E-state index in [1.807, 2.05) is 41.3 Å². The number of nitrogens with one attached hydrogen (secondary N) is 2. The lowest BCUT2D eigenvalue weighted by atomic mass is 10.00. The fraction of sp³-hybridized carbons (Fsp3) is 0.393. The number of H-pyrrole nitrogens is 1. The number of nitrogens with zero attached hydrogens (tertiary/aromatic N) is 2. The number of amides is 2. The van der Waals surface area contributed by atoms with Gasteiger partial charge in [-0.1, -0.05) is 12.1 Å². The maximum Gasteiger partial charge on any atom is 0.254 e. The molecule has 1 unspecified atom stereocenters. The average molecular weight is 489 g/mol. The molecule has 1 aliphatic heterocycles. The van der Waals surface area contributed by atoms with Gasteiger partial charge >= 0.3 is 0 Å². The molecule has 5 rings (SSSR count). The van der Waals surface area contributed by atoms with E-state index >= 15 is 0 Å². The summed E-state index contributed by atoms with van der Waals surface area (Å²) in [5.41, 5.74) is 4.01. The van der Waals surface area contributed by atoms with Crippen molar-refractivity contribution in [2.24, 2.45) is 5.92 Å². The van der Waals surface area contributed by atoms with Crippen molar-refractivity contribution in [3.63, 3.8) is 0 Å². The molecule has 3 aromatic rings. The number of benzene rings is 2. The number of methoxy groups -OCH3 is 2. The zero-order valence-corrected chi connectivity index (χ0v) is 20.7. The molecule has 2 heterocycles. The third-order valence-corrected chi connectivity index (χ3v) is 7.14. The number of ether oxygens (including phenoxy) is 2. The Labute approximate surface area is 211 Å². The Bertz CT molecular complexity index is 1220. The molecule has 1 saturated heterocycles. The fourth-order valence-electron chi connectivity index (χ4n) is 4.89. The van der Waals surface area contributed by atoms with Crippen LogP contribution in [0.5, 0.6) is 5.75 Å². The lowest BCUT2D eigenvalue weighted by molar-refractivity contribution is 0.0688. The van der Waals surface area contributed by atoms with Crippen molar-refractivity contribution in [1.82, 2.24) is 20.4 Å². The van der Waals surface area contributed by atoms with E-state index in [1.54, 1.807) is 32.7 Å². The lowest BCUT2D eigenvalue weighted by Crippen LogP contribution is -2.37. The number of hydrogen-bond donors (Lipinski definition) is 2. The van der Waals surface area contributed by atoms with E-state index < -0.39 is 0 Å². The predicted octanol–water partition coefficient (Wildman–Crippen LogP) is 3.70. The highest BCUT2D eigenvalue weighted by molar-refractivity contribution is 5.96. The van der Waals surface area contributed by atoms with Gasteiger partial charge in [0.2, 0.25) is 0 Å². The van der Waals surface area contributed by atoms with Gasteiger partial charge < -0.3 is 19.7 Å². The molecule has 2 amide bonds. The molecule has 0 spiro atoms. The largest absolute Gasteiger partial charge is 0.496 e. The number of likely N-dealkylation sites (tertiary alicyclic amines) is 1. The Balaban J connectivity index is 1.33. The van der Waals surface area contributed by atoms with E-state index in [0.29, 0.717) is 35.8 Å². The second kappa shape index (κ2) is 10.5. The summed E-state index contributed by atoms with van der Waals surface area (Å²) in [5, 5.41) is 9.84. The fourth-order valence-corrected chi connectivity index (χ4v) is 4.89. The highest BCUT2D eigenvalue weighted by atomic mass is 16.5. The Morgan fingerprint density at radius 3 is 2.72 bits per heavy atom. The number of rotatable bonds is 9. The summed E-state index contributed by atoms with van der Waals surface area (Å²) >= 11 is 0. The summed E-state index contributed by atoms with van der Waals surface area (Å²) in [7, 11) is 3.28. The smallest absolute Gasteiger partial charge is 0.254 e. The van der Waals surface area contributed by atoms with E-state index in [4.69, 9.17) is 9.47 Å². The molecule has 0 bridgehead atoms. The summed E-state index contributed by atoms with van der Waals surface area (Å²) in [5.74, 6) is 1.15. The van der Waals surface area contributed by atoms with E-state index in [9.17, 15) is 9.59 Å². The van der Waals surface area contributed by atoms with Crippen LogP contribution in [0.25, 0.3) is 11.1 Å². The number of hydrogen-bond acceptors (Lipinski definition) is 5. The van der Waals surface area contributed by atoms with Gasteiger partial charge in [0.05, 0.1) is 19.4 Å². The summed E-state index contributed by atoms with van der Waals surface area (Å²) in [6, 6.07) is 13.2. The zero-order valence-electron chi connectivity index (χ0n) is 20.7. The summed E-state index contributed by atoms with van der Waals surface area (Å²) < 4.78 is 11.2. The van der Waals surface area contributed by atoms with Crippen molar-refractivity contribution in [1.29, 1.82) is 0 Å². The molecule has 1 saturated carbocycles. The second-order valence-electron chi connectivity index (χ2n) is 9.66. The molecule has 1 aromatic heterocycles. The Morgan fingerprint density at radius 2 is 2.00 bits per heavy atom.